The molecule has 1 aliphatic rings. The van der Waals surface area contributed by atoms with Gasteiger partial charge in [0.05, 0.1) is 4.90 Å². The highest BCUT2D eigenvalue weighted by molar-refractivity contribution is 9.10. The van der Waals surface area contributed by atoms with Crippen molar-refractivity contribution in [1.82, 2.24) is 4.98 Å². The summed E-state index contributed by atoms with van der Waals surface area (Å²) in [6.45, 7) is 2.76. The number of aromatic nitrogens is 1. The highest BCUT2D eigenvalue weighted by Gasteiger charge is 2.32. The predicted octanol–water partition coefficient (Wildman–Crippen LogP) is 5.26. The number of nitrogens with zero attached hydrogens (tertiary/aromatic N) is 3. The third-order valence-corrected chi connectivity index (χ3v) is 7.86. The molecule has 0 saturated carbocycles. The molecule has 0 atom stereocenters. The Balaban J connectivity index is 1.51. The summed E-state index contributed by atoms with van der Waals surface area (Å²) in [4.78, 5) is 8.95. The van der Waals surface area contributed by atoms with Gasteiger partial charge in [0.2, 0.25) is 26.6 Å². The van der Waals surface area contributed by atoms with Crippen LogP contribution in [0.4, 0.5) is 11.6 Å². The molecule has 1 aliphatic heterocycles. The molecule has 1 saturated heterocycles. The molecule has 0 radical (unpaired) electrons. The van der Waals surface area contributed by atoms with Gasteiger partial charge in [-0.1, -0.05) is 52.3 Å². The van der Waals surface area contributed by atoms with E-state index in [0.717, 1.165) is 28.8 Å². The van der Waals surface area contributed by atoms with Crippen LogP contribution in [0.2, 0.25) is 0 Å². The molecule has 0 bridgehead atoms. The number of anilines is 2. The van der Waals surface area contributed by atoms with Crippen LogP contribution in [0.1, 0.15) is 0 Å². The van der Waals surface area contributed by atoms with Crippen LogP contribution in [0.5, 0.6) is 0 Å². The first-order valence-electron chi connectivity index (χ1n) is 10.6. The first-order valence-corrected chi connectivity index (χ1v) is 12.9. The number of hydrogen-bond donors (Lipinski definition) is 0. The van der Waals surface area contributed by atoms with Gasteiger partial charge in [0.25, 0.3) is 0 Å². The van der Waals surface area contributed by atoms with Crippen molar-refractivity contribution >= 4 is 37.3 Å². The quantitative estimate of drug-likeness (QED) is 0.355. The molecule has 5 rings (SSSR count). The van der Waals surface area contributed by atoms with Gasteiger partial charge in [-0.15, -0.1) is 0 Å². The van der Waals surface area contributed by atoms with Gasteiger partial charge in [0.15, 0.2) is 0 Å². The molecule has 6 nitrogen and oxygen atoms in total. The molecule has 1 fully saturated rings. The zero-order chi connectivity index (χ0) is 22.8. The Morgan fingerprint density at radius 2 is 1.33 bits per heavy atom. The summed E-state index contributed by atoms with van der Waals surface area (Å²) in [5.74, 6) is 0.585. The molecule has 4 aromatic rings. The molecule has 1 aromatic heterocycles. The van der Waals surface area contributed by atoms with Gasteiger partial charge in [-0.25, -0.2) is 8.42 Å². The average Bonchev–Trinajstić information content (AvgIpc) is 3.32. The Labute approximate surface area is 201 Å². The van der Waals surface area contributed by atoms with E-state index < -0.39 is 9.84 Å². The summed E-state index contributed by atoms with van der Waals surface area (Å²) in [5.41, 5.74) is 1.87. The Bertz CT molecular complexity index is 1330. The van der Waals surface area contributed by atoms with Crippen LogP contribution >= 0.6 is 15.9 Å². The van der Waals surface area contributed by atoms with E-state index in [1.54, 1.807) is 30.3 Å². The highest BCUT2D eigenvalue weighted by atomic mass is 79.9. The van der Waals surface area contributed by atoms with E-state index in [1.807, 2.05) is 47.4 Å². The van der Waals surface area contributed by atoms with E-state index in [1.165, 1.54) is 0 Å². The van der Waals surface area contributed by atoms with Crippen LogP contribution in [-0.2, 0) is 9.84 Å². The largest absolute Gasteiger partial charge is 0.419 e. The van der Waals surface area contributed by atoms with Crippen molar-refractivity contribution in [3.8, 4) is 11.5 Å². The standard InChI is InChI=1S/C25H22BrN3O3S/c26-20-13-11-19(12-14-20)23-27-24(33(30,31)22-9-5-2-6-10-22)25(32-23)29-17-15-28(16-18-29)21-7-3-1-4-8-21/h1-14H,15-18H2. The third-order valence-electron chi connectivity index (χ3n) is 5.67. The number of hydrogen-bond acceptors (Lipinski definition) is 6. The molecule has 0 spiro atoms. The second-order valence-electron chi connectivity index (χ2n) is 7.76. The maximum Gasteiger partial charge on any atom is 0.236 e. The van der Waals surface area contributed by atoms with Gasteiger partial charge in [-0.2, -0.15) is 4.98 Å². The number of halogens is 1. The van der Waals surface area contributed by atoms with Crippen LogP contribution in [0.15, 0.2) is 104 Å². The first kappa shape index (κ1) is 21.7. The highest BCUT2D eigenvalue weighted by Crippen LogP contribution is 2.35. The minimum Gasteiger partial charge on any atom is -0.419 e. The summed E-state index contributed by atoms with van der Waals surface area (Å²) >= 11 is 3.43. The van der Waals surface area contributed by atoms with Crippen molar-refractivity contribution < 1.29 is 12.8 Å². The SMILES string of the molecule is O=S(=O)(c1ccccc1)c1nc(-c2ccc(Br)cc2)oc1N1CCN(c2ccccc2)CC1. The molecule has 3 aromatic carbocycles. The number of sulfone groups is 1. The summed E-state index contributed by atoms with van der Waals surface area (Å²) < 4.78 is 34.1. The van der Waals surface area contributed by atoms with E-state index in [9.17, 15) is 8.42 Å². The van der Waals surface area contributed by atoms with Crippen molar-refractivity contribution in [3.63, 3.8) is 0 Å². The van der Waals surface area contributed by atoms with Crippen molar-refractivity contribution in [1.29, 1.82) is 0 Å². The van der Waals surface area contributed by atoms with Gasteiger partial charge in [0.1, 0.15) is 0 Å². The normalized spacial score (nSPS) is 14.5. The van der Waals surface area contributed by atoms with Crippen LogP contribution in [0, 0.1) is 0 Å². The maximum atomic E-state index is 13.5. The lowest BCUT2D eigenvalue weighted by Gasteiger charge is -2.36. The van der Waals surface area contributed by atoms with Gasteiger partial charge >= 0.3 is 0 Å². The van der Waals surface area contributed by atoms with Gasteiger partial charge in [0, 0.05) is 41.9 Å². The molecular formula is C25H22BrN3O3S. The van der Waals surface area contributed by atoms with Crippen LogP contribution in [-0.4, -0.2) is 39.6 Å². The zero-order valence-electron chi connectivity index (χ0n) is 17.8. The van der Waals surface area contributed by atoms with E-state index >= 15 is 0 Å². The van der Waals surface area contributed by atoms with Gasteiger partial charge in [-0.05, 0) is 48.5 Å². The minimum absolute atomic E-state index is 0.0419. The molecule has 0 unspecified atom stereocenters. The summed E-state index contributed by atoms with van der Waals surface area (Å²) in [6.07, 6.45) is 0. The molecular weight excluding hydrogens is 502 g/mol. The van der Waals surface area contributed by atoms with E-state index in [2.05, 4.69) is 37.9 Å². The second-order valence-corrected chi connectivity index (χ2v) is 10.5. The molecule has 2 heterocycles. The van der Waals surface area contributed by atoms with E-state index in [-0.39, 0.29) is 15.8 Å². The lowest BCUT2D eigenvalue weighted by molar-refractivity contribution is 0.525. The van der Waals surface area contributed by atoms with Crippen molar-refractivity contribution in [2.24, 2.45) is 0 Å². The Kier molecular flexibility index (Phi) is 5.95. The van der Waals surface area contributed by atoms with Crippen LogP contribution in [0.25, 0.3) is 11.5 Å². The number of piperazine rings is 1. The molecule has 0 amide bonds. The Morgan fingerprint density at radius 3 is 1.97 bits per heavy atom. The lowest BCUT2D eigenvalue weighted by atomic mass is 10.2. The maximum absolute atomic E-state index is 13.5. The number of rotatable bonds is 5. The minimum atomic E-state index is -3.85. The lowest BCUT2D eigenvalue weighted by Crippen LogP contribution is -2.46. The topological polar surface area (TPSA) is 66.7 Å². The molecule has 168 valence electrons. The fourth-order valence-corrected chi connectivity index (χ4v) is 5.51. The third kappa shape index (κ3) is 4.41. The monoisotopic (exact) mass is 523 g/mol. The first-order chi connectivity index (χ1) is 16.0. The van der Waals surface area contributed by atoms with Gasteiger partial charge in [-0.3, -0.25) is 0 Å². The zero-order valence-corrected chi connectivity index (χ0v) is 20.2. The van der Waals surface area contributed by atoms with Gasteiger partial charge < -0.3 is 14.2 Å². The number of benzene rings is 3. The average molecular weight is 524 g/mol. The van der Waals surface area contributed by atoms with Crippen molar-refractivity contribution in [2.75, 3.05) is 36.0 Å². The molecule has 0 N–H and O–H groups in total. The van der Waals surface area contributed by atoms with E-state index in [0.29, 0.717) is 19.0 Å². The fraction of sp³-hybridized carbons (Fsp3) is 0.160. The second kappa shape index (κ2) is 9.03. The number of oxazole rings is 1. The Morgan fingerprint density at radius 1 is 0.758 bits per heavy atom. The van der Waals surface area contributed by atoms with Crippen LogP contribution < -0.4 is 9.80 Å². The molecule has 0 aliphatic carbocycles. The van der Waals surface area contributed by atoms with Crippen molar-refractivity contribution in [3.05, 3.63) is 89.4 Å². The molecule has 8 heteroatoms. The smallest absolute Gasteiger partial charge is 0.236 e. The summed E-state index contributed by atoms with van der Waals surface area (Å²) in [6, 6.07) is 26.0. The predicted molar refractivity (Wildman–Crippen MR) is 132 cm³/mol. The fourth-order valence-electron chi connectivity index (χ4n) is 3.91. The van der Waals surface area contributed by atoms with E-state index in [4.69, 9.17) is 4.42 Å². The summed E-state index contributed by atoms with van der Waals surface area (Å²) in [5, 5.41) is -0.0419. The summed E-state index contributed by atoms with van der Waals surface area (Å²) in [7, 11) is -3.85. The van der Waals surface area contributed by atoms with Crippen molar-refractivity contribution in [2.45, 2.75) is 9.92 Å². The molecule has 33 heavy (non-hydrogen) atoms. The number of para-hydroxylation sites is 1. The van der Waals surface area contributed by atoms with Crippen LogP contribution in [0.3, 0.4) is 0 Å². The Hall–Kier alpha value is -3.10.